The van der Waals surface area contributed by atoms with Gasteiger partial charge < -0.3 is 0 Å². The lowest BCUT2D eigenvalue weighted by Crippen LogP contribution is -1.82. The summed E-state index contributed by atoms with van der Waals surface area (Å²) in [5.41, 5.74) is 3.33. The standard InChI is InChI=1S/C25H48/c1-3-5-7-9-11-13-15-17-19-21-23-25-24-22-20-18-16-14-12-10-8-6-4-2/h17,21H,3-16,18,20,22-25H2,1-2H3/i9D/t9-,19?/m0/s1. The maximum absolute atomic E-state index is 7.93. The Morgan fingerprint density at radius 1 is 0.520 bits per heavy atom. The van der Waals surface area contributed by atoms with Gasteiger partial charge in [-0.2, -0.15) is 0 Å². The molecule has 0 unspecified atom stereocenters. The maximum Gasteiger partial charge on any atom is 0.0267 e. The molecule has 0 aromatic rings. The number of allylic oxidation sites excluding steroid dienone is 1. The molecule has 0 spiro atoms. The molecule has 0 aromatic carbocycles. The van der Waals surface area contributed by atoms with Crippen molar-refractivity contribution in [2.24, 2.45) is 0 Å². The summed E-state index contributed by atoms with van der Waals surface area (Å²) in [6.07, 6.45) is 29.6. The van der Waals surface area contributed by atoms with Crippen molar-refractivity contribution in [2.45, 2.75) is 142 Å². The molecule has 0 rings (SSSR count). The van der Waals surface area contributed by atoms with Gasteiger partial charge in [-0.1, -0.05) is 117 Å². The van der Waals surface area contributed by atoms with E-state index in [9.17, 15) is 0 Å². The fourth-order valence-corrected chi connectivity index (χ4v) is 3.19. The molecule has 0 nitrogen and oxygen atoms in total. The molecule has 1 atom stereocenters. The monoisotopic (exact) mass is 349 g/mol. The van der Waals surface area contributed by atoms with Gasteiger partial charge in [-0.15, -0.1) is 5.73 Å². The molecule has 0 amide bonds. The summed E-state index contributed by atoms with van der Waals surface area (Å²) in [5.74, 6) is 0. The molecular formula is C25H48. The maximum atomic E-state index is 7.93. The Morgan fingerprint density at radius 3 is 1.40 bits per heavy atom. The lowest BCUT2D eigenvalue weighted by atomic mass is 10.0. The van der Waals surface area contributed by atoms with E-state index in [0.29, 0.717) is 0 Å². The molecule has 0 saturated heterocycles. The highest BCUT2D eigenvalue weighted by Gasteiger charge is 1.93. The highest BCUT2D eigenvalue weighted by molar-refractivity contribution is 4.84. The Labute approximate surface area is 162 Å². The molecule has 0 heteroatoms. The van der Waals surface area contributed by atoms with Crippen LogP contribution in [-0.2, 0) is 0 Å². The van der Waals surface area contributed by atoms with E-state index in [-0.39, 0.29) is 6.40 Å². The van der Waals surface area contributed by atoms with Crippen LogP contribution in [0.3, 0.4) is 0 Å². The number of rotatable bonds is 20. The summed E-state index contributed by atoms with van der Waals surface area (Å²) in [4.78, 5) is 0. The molecule has 0 bridgehead atoms. The minimum Gasteiger partial charge on any atom is -0.130 e. The first-order valence-electron chi connectivity index (χ1n) is 12.2. The summed E-state index contributed by atoms with van der Waals surface area (Å²) in [5, 5.41) is 0. The van der Waals surface area contributed by atoms with Crippen molar-refractivity contribution in [1.29, 1.82) is 0 Å². The van der Waals surface area contributed by atoms with Crippen LogP contribution in [0, 0.1) is 0 Å². The minimum absolute atomic E-state index is 0.161. The van der Waals surface area contributed by atoms with Crippen molar-refractivity contribution in [1.82, 2.24) is 0 Å². The van der Waals surface area contributed by atoms with Gasteiger partial charge in [0.15, 0.2) is 0 Å². The minimum atomic E-state index is 0.161. The van der Waals surface area contributed by atoms with E-state index >= 15 is 0 Å². The van der Waals surface area contributed by atoms with E-state index in [2.05, 4.69) is 31.7 Å². The smallest absolute Gasteiger partial charge is 0.0267 e. The molecule has 0 aliphatic rings. The molecule has 0 aliphatic heterocycles. The van der Waals surface area contributed by atoms with Gasteiger partial charge in [0.1, 0.15) is 0 Å². The molecule has 0 aromatic heterocycles. The quantitative estimate of drug-likeness (QED) is 0.151. The first kappa shape index (κ1) is 22.6. The van der Waals surface area contributed by atoms with Gasteiger partial charge in [0.25, 0.3) is 0 Å². The average Bonchev–Trinajstić information content (AvgIpc) is 2.65. The average molecular weight is 350 g/mol. The van der Waals surface area contributed by atoms with Gasteiger partial charge >= 0.3 is 0 Å². The predicted octanol–water partition coefficient (Wildman–Crippen LogP) is 9.54. The Kier molecular flexibility index (Phi) is 21.2. The molecule has 0 saturated carbocycles. The van der Waals surface area contributed by atoms with Gasteiger partial charge in [0.2, 0.25) is 0 Å². The summed E-state index contributed by atoms with van der Waals surface area (Å²) in [6, 6.07) is 0. The third-order valence-corrected chi connectivity index (χ3v) is 4.96. The van der Waals surface area contributed by atoms with Crippen LogP contribution in [0.4, 0.5) is 0 Å². The van der Waals surface area contributed by atoms with Crippen LogP contribution in [0.2, 0.25) is 0 Å². The Bertz CT molecular complexity index is 314. The summed E-state index contributed by atoms with van der Waals surface area (Å²) >= 11 is 0. The molecule has 0 aliphatic carbocycles. The highest BCUT2D eigenvalue weighted by atomic mass is 14.0. The normalized spacial score (nSPS) is 12.5. The van der Waals surface area contributed by atoms with Gasteiger partial charge in [-0.25, -0.2) is 0 Å². The van der Waals surface area contributed by atoms with Gasteiger partial charge in [0, 0.05) is 1.37 Å². The lowest BCUT2D eigenvalue weighted by Gasteiger charge is -2.02. The Hall–Kier alpha value is -0.480. The van der Waals surface area contributed by atoms with E-state index in [1.165, 1.54) is 96.3 Å². The fourth-order valence-electron chi connectivity index (χ4n) is 3.19. The molecule has 0 heterocycles. The van der Waals surface area contributed by atoms with Crippen LogP contribution in [0.1, 0.15) is 144 Å². The number of unbranched alkanes of at least 4 members (excludes halogenated alkanes) is 14. The van der Waals surface area contributed by atoms with Crippen molar-refractivity contribution in [2.75, 3.05) is 0 Å². The number of hydrogen-bond acceptors (Lipinski definition) is 0. The van der Waals surface area contributed by atoms with E-state index in [1.54, 1.807) is 0 Å². The highest BCUT2D eigenvalue weighted by Crippen LogP contribution is 2.12. The molecular weight excluding hydrogens is 300 g/mol. The number of hydrogen-bond donors (Lipinski definition) is 0. The third kappa shape index (κ3) is 23.5. The molecule has 0 N–H and O–H groups in total. The van der Waals surface area contributed by atoms with Crippen LogP contribution in [0.5, 0.6) is 0 Å². The van der Waals surface area contributed by atoms with Crippen LogP contribution in [0.15, 0.2) is 17.9 Å². The largest absolute Gasteiger partial charge is 0.130 e. The third-order valence-electron chi connectivity index (χ3n) is 4.96. The molecule has 148 valence electrons. The Morgan fingerprint density at radius 2 is 0.880 bits per heavy atom. The van der Waals surface area contributed by atoms with Crippen LogP contribution in [-0.4, -0.2) is 0 Å². The molecule has 0 fully saturated rings. The molecule has 25 heavy (non-hydrogen) atoms. The van der Waals surface area contributed by atoms with E-state index < -0.39 is 0 Å². The SMILES string of the molecule is [2H][C@@H](CCCC)CCCC=C=CCCCCCCCCCCCCCC. The predicted molar refractivity (Wildman–Crippen MR) is 116 cm³/mol. The Balaban J connectivity index is 3.23. The first-order chi connectivity index (χ1) is 12.8. The second-order valence-corrected chi connectivity index (χ2v) is 7.61. The van der Waals surface area contributed by atoms with Crippen LogP contribution in [0.25, 0.3) is 0 Å². The van der Waals surface area contributed by atoms with Crippen LogP contribution >= 0.6 is 0 Å². The van der Waals surface area contributed by atoms with Crippen LogP contribution < -0.4 is 0 Å². The fraction of sp³-hybridized carbons (Fsp3) is 0.880. The summed E-state index contributed by atoms with van der Waals surface area (Å²) < 4.78 is 7.93. The lowest BCUT2D eigenvalue weighted by molar-refractivity contribution is 0.545. The molecule has 0 radical (unpaired) electrons. The van der Waals surface area contributed by atoms with Crippen molar-refractivity contribution in [3.8, 4) is 0 Å². The zero-order chi connectivity index (χ0) is 19.1. The van der Waals surface area contributed by atoms with E-state index in [0.717, 1.165) is 25.7 Å². The zero-order valence-corrected chi connectivity index (χ0v) is 17.7. The van der Waals surface area contributed by atoms with E-state index in [4.69, 9.17) is 1.37 Å². The summed E-state index contributed by atoms with van der Waals surface area (Å²) in [6.45, 7) is 4.49. The van der Waals surface area contributed by atoms with Crippen molar-refractivity contribution >= 4 is 0 Å². The summed E-state index contributed by atoms with van der Waals surface area (Å²) in [7, 11) is 0. The topological polar surface area (TPSA) is 0 Å². The first-order valence-corrected chi connectivity index (χ1v) is 11.6. The zero-order valence-electron chi connectivity index (χ0n) is 18.7. The second kappa shape index (κ2) is 23.5. The van der Waals surface area contributed by atoms with Crippen molar-refractivity contribution in [3.05, 3.63) is 17.9 Å². The van der Waals surface area contributed by atoms with Crippen molar-refractivity contribution in [3.63, 3.8) is 0 Å². The van der Waals surface area contributed by atoms with Gasteiger partial charge in [0.05, 0.1) is 0 Å². The van der Waals surface area contributed by atoms with Crippen molar-refractivity contribution < 1.29 is 1.37 Å². The van der Waals surface area contributed by atoms with E-state index in [1.807, 2.05) is 0 Å². The van der Waals surface area contributed by atoms with Gasteiger partial charge in [-0.05, 0) is 37.8 Å². The second-order valence-electron chi connectivity index (χ2n) is 7.61. The van der Waals surface area contributed by atoms with Gasteiger partial charge in [-0.3, -0.25) is 0 Å².